The van der Waals surface area contributed by atoms with Gasteiger partial charge in [-0.05, 0) is 36.6 Å². The number of sulfone groups is 1. The second-order valence-corrected chi connectivity index (χ2v) is 8.16. The van der Waals surface area contributed by atoms with Gasteiger partial charge in [0.25, 0.3) is 5.91 Å². The first-order valence-electron chi connectivity index (χ1n) is 7.66. The highest BCUT2D eigenvalue weighted by Crippen LogP contribution is 2.14. The second-order valence-electron chi connectivity index (χ2n) is 6.17. The van der Waals surface area contributed by atoms with Gasteiger partial charge in [0, 0.05) is 25.2 Å². The number of carbonyl (C=O) groups excluding carboxylic acids is 2. The molecule has 1 atom stereocenters. The van der Waals surface area contributed by atoms with Gasteiger partial charge in [-0.25, -0.2) is 8.42 Å². The zero-order valence-electron chi connectivity index (χ0n) is 14.6. The summed E-state index contributed by atoms with van der Waals surface area (Å²) in [4.78, 5) is 24.6. The van der Waals surface area contributed by atoms with Crippen LogP contribution in [-0.2, 0) is 14.6 Å². The van der Waals surface area contributed by atoms with E-state index in [4.69, 9.17) is 11.5 Å². The zero-order valence-corrected chi connectivity index (χ0v) is 16.3. The van der Waals surface area contributed by atoms with Crippen molar-refractivity contribution < 1.29 is 18.0 Å². The maximum Gasteiger partial charge on any atom is 0.253 e. The van der Waals surface area contributed by atoms with Crippen LogP contribution >= 0.6 is 12.4 Å². The molecular weight excluding hydrogens is 366 g/mol. The number of hydrogen-bond acceptors (Lipinski definition) is 5. The van der Waals surface area contributed by atoms with Gasteiger partial charge in [0.1, 0.15) is 5.75 Å². The molecule has 1 unspecified atom stereocenters. The molecule has 1 aromatic carbocycles. The van der Waals surface area contributed by atoms with Gasteiger partial charge in [-0.1, -0.05) is 13.8 Å². The molecule has 9 heteroatoms. The van der Waals surface area contributed by atoms with Crippen LogP contribution in [0.1, 0.15) is 30.6 Å². The molecule has 2 amide bonds. The van der Waals surface area contributed by atoms with Crippen LogP contribution in [0.15, 0.2) is 29.2 Å². The first kappa shape index (κ1) is 23.4. The molecule has 142 valence electrons. The smallest absolute Gasteiger partial charge is 0.253 e. The van der Waals surface area contributed by atoms with Crippen molar-refractivity contribution in [1.29, 1.82) is 0 Å². The van der Waals surface area contributed by atoms with Crippen LogP contribution in [0.2, 0.25) is 0 Å². The Morgan fingerprint density at radius 2 is 1.68 bits per heavy atom. The van der Waals surface area contributed by atoms with E-state index in [1.54, 1.807) is 11.9 Å². The average molecular weight is 392 g/mol. The molecule has 0 saturated heterocycles. The molecule has 0 saturated carbocycles. The topological polar surface area (TPSA) is 124 Å². The molecule has 0 aliphatic carbocycles. The molecule has 4 N–H and O–H groups in total. The maximum atomic E-state index is 12.3. The van der Waals surface area contributed by atoms with E-state index in [0.29, 0.717) is 24.4 Å². The van der Waals surface area contributed by atoms with E-state index in [1.807, 2.05) is 13.8 Å². The summed E-state index contributed by atoms with van der Waals surface area (Å²) < 4.78 is 23.8. The number of nitrogens with two attached hydrogens (primary N) is 2. The summed E-state index contributed by atoms with van der Waals surface area (Å²) in [6, 6.07) is 5.48. The predicted octanol–water partition coefficient (Wildman–Crippen LogP) is 0.813. The van der Waals surface area contributed by atoms with Crippen molar-refractivity contribution in [3.63, 3.8) is 0 Å². The van der Waals surface area contributed by atoms with Gasteiger partial charge >= 0.3 is 0 Å². The van der Waals surface area contributed by atoms with Gasteiger partial charge in [-0.2, -0.15) is 0 Å². The molecule has 25 heavy (non-hydrogen) atoms. The van der Waals surface area contributed by atoms with E-state index < -0.39 is 21.5 Å². The summed E-state index contributed by atoms with van der Waals surface area (Å²) in [5.41, 5.74) is 11.3. The number of benzene rings is 1. The van der Waals surface area contributed by atoms with Crippen LogP contribution in [0.5, 0.6) is 0 Å². The summed E-state index contributed by atoms with van der Waals surface area (Å²) in [5, 5.41) is 0. The number of nitrogens with zero attached hydrogens (tertiary/aromatic N) is 1. The van der Waals surface area contributed by atoms with E-state index in [2.05, 4.69) is 0 Å². The number of carbonyl (C=O) groups is 2. The first-order valence-corrected chi connectivity index (χ1v) is 9.32. The fourth-order valence-electron chi connectivity index (χ4n) is 2.07. The molecule has 0 spiro atoms. The van der Waals surface area contributed by atoms with Gasteiger partial charge in [-0.3, -0.25) is 9.59 Å². The maximum absolute atomic E-state index is 12.3. The minimum Gasteiger partial charge on any atom is -0.369 e. The second kappa shape index (κ2) is 9.74. The van der Waals surface area contributed by atoms with Gasteiger partial charge < -0.3 is 16.4 Å². The Hall–Kier alpha value is -1.64. The first-order chi connectivity index (χ1) is 11.0. The van der Waals surface area contributed by atoms with E-state index >= 15 is 0 Å². The lowest BCUT2D eigenvalue weighted by molar-refractivity contribution is -0.115. The van der Waals surface area contributed by atoms with Crippen LogP contribution in [0.25, 0.3) is 0 Å². The SMILES string of the molecule is CC(C)C(N)CCN(C)C(=O)c1ccc(S(=O)(=O)CC(N)=O)cc1.Cl. The van der Waals surface area contributed by atoms with Crippen molar-refractivity contribution >= 4 is 34.1 Å². The van der Waals surface area contributed by atoms with Crippen LogP contribution < -0.4 is 11.5 Å². The van der Waals surface area contributed by atoms with Gasteiger partial charge in [0.2, 0.25) is 5.91 Å². The quantitative estimate of drug-likeness (QED) is 0.678. The predicted molar refractivity (Wildman–Crippen MR) is 99.3 cm³/mol. The summed E-state index contributed by atoms with van der Waals surface area (Å²) in [7, 11) is -2.10. The van der Waals surface area contributed by atoms with E-state index in [-0.39, 0.29) is 29.3 Å². The minimum absolute atomic E-state index is 0. The third-order valence-corrected chi connectivity index (χ3v) is 5.45. The fourth-order valence-corrected chi connectivity index (χ4v) is 3.17. The zero-order chi connectivity index (χ0) is 18.5. The Morgan fingerprint density at radius 3 is 2.12 bits per heavy atom. The van der Waals surface area contributed by atoms with Crippen LogP contribution in [0, 0.1) is 5.92 Å². The monoisotopic (exact) mass is 391 g/mol. The van der Waals surface area contributed by atoms with Crippen molar-refractivity contribution in [3.8, 4) is 0 Å². The number of amides is 2. The third-order valence-electron chi connectivity index (χ3n) is 3.79. The standard InChI is InChI=1S/C16H25N3O4S.ClH/c1-11(2)14(17)8-9-19(3)16(21)12-4-6-13(7-5-12)24(22,23)10-15(18)20;/h4-7,11,14H,8-10,17H2,1-3H3,(H2,18,20);1H. The molecule has 0 fully saturated rings. The molecule has 0 heterocycles. The van der Waals surface area contributed by atoms with Crippen molar-refractivity contribution in [2.45, 2.75) is 31.2 Å². The Balaban J connectivity index is 0.00000576. The molecule has 1 aromatic rings. The lowest BCUT2D eigenvalue weighted by Gasteiger charge is -2.21. The molecular formula is C16H26ClN3O4S. The molecule has 1 rings (SSSR count). The van der Waals surface area contributed by atoms with Crippen LogP contribution in [0.4, 0.5) is 0 Å². The van der Waals surface area contributed by atoms with Crippen molar-refractivity contribution in [2.24, 2.45) is 17.4 Å². The van der Waals surface area contributed by atoms with Crippen molar-refractivity contribution in [3.05, 3.63) is 29.8 Å². The number of halogens is 1. The van der Waals surface area contributed by atoms with E-state index in [0.717, 1.165) is 0 Å². The summed E-state index contributed by atoms with van der Waals surface area (Å²) in [6.45, 7) is 4.56. The largest absolute Gasteiger partial charge is 0.369 e. The third kappa shape index (κ3) is 7.01. The fraction of sp³-hybridized carbons (Fsp3) is 0.500. The van der Waals surface area contributed by atoms with Crippen molar-refractivity contribution in [2.75, 3.05) is 19.3 Å². The van der Waals surface area contributed by atoms with Gasteiger partial charge in [0.15, 0.2) is 9.84 Å². The highest BCUT2D eigenvalue weighted by molar-refractivity contribution is 7.92. The number of hydrogen-bond donors (Lipinski definition) is 2. The molecule has 0 aliphatic rings. The van der Waals surface area contributed by atoms with Crippen LogP contribution in [-0.4, -0.2) is 50.5 Å². The lowest BCUT2D eigenvalue weighted by atomic mass is 10.0. The normalized spacial score (nSPS) is 12.4. The summed E-state index contributed by atoms with van der Waals surface area (Å²) in [6.07, 6.45) is 0.685. The van der Waals surface area contributed by atoms with Crippen LogP contribution in [0.3, 0.4) is 0 Å². The Morgan fingerprint density at radius 1 is 1.16 bits per heavy atom. The summed E-state index contributed by atoms with van der Waals surface area (Å²) >= 11 is 0. The van der Waals surface area contributed by atoms with Gasteiger partial charge in [0.05, 0.1) is 4.90 Å². The number of rotatable bonds is 8. The Bertz CT molecular complexity index is 690. The molecule has 0 aliphatic heterocycles. The summed E-state index contributed by atoms with van der Waals surface area (Å²) in [5.74, 6) is -1.56. The van der Waals surface area contributed by atoms with E-state index in [1.165, 1.54) is 24.3 Å². The van der Waals surface area contributed by atoms with Crippen molar-refractivity contribution in [1.82, 2.24) is 4.90 Å². The Kier molecular flexibility index (Phi) is 9.10. The Labute approximate surface area is 155 Å². The number of primary amides is 1. The minimum atomic E-state index is -3.77. The lowest BCUT2D eigenvalue weighted by Crippen LogP contribution is -2.34. The van der Waals surface area contributed by atoms with E-state index in [9.17, 15) is 18.0 Å². The molecule has 0 aromatic heterocycles. The molecule has 7 nitrogen and oxygen atoms in total. The van der Waals surface area contributed by atoms with Gasteiger partial charge in [-0.15, -0.1) is 12.4 Å². The highest BCUT2D eigenvalue weighted by Gasteiger charge is 2.19. The highest BCUT2D eigenvalue weighted by atomic mass is 35.5. The molecule has 0 bridgehead atoms. The average Bonchev–Trinajstić information content (AvgIpc) is 2.50. The molecule has 0 radical (unpaired) electrons.